The van der Waals surface area contributed by atoms with Crippen LogP contribution in [-0.4, -0.2) is 4.57 Å². The molecule has 2 nitrogen and oxygen atoms in total. The Morgan fingerprint density at radius 2 is 0.980 bits per heavy atom. The maximum atomic E-state index is 2.51. The Balaban J connectivity index is 1.23. The number of aromatic nitrogens is 1. The highest BCUT2D eigenvalue weighted by atomic mass is 15.1. The number of hydrogen-bond acceptors (Lipinski definition) is 1. The fraction of sp³-hybridized carbons (Fsp3) is 0.106. The molecule has 0 saturated heterocycles. The van der Waals surface area contributed by atoms with Gasteiger partial charge in [0.1, 0.15) is 0 Å². The van der Waals surface area contributed by atoms with E-state index in [1.54, 1.807) is 0 Å². The molecule has 0 bridgehead atoms. The molecular weight excluding hydrogens is 593 g/mol. The van der Waals surface area contributed by atoms with Crippen LogP contribution in [0.4, 0.5) is 17.1 Å². The molecule has 10 rings (SSSR count). The van der Waals surface area contributed by atoms with Crippen LogP contribution in [0.2, 0.25) is 0 Å². The fourth-order valence-electron chi connectivity index (χ4n) is 8.98. The van der Waals surface area contributed by atoms with Crippen LogP contribution in [0.1, 0.15) is 42.0 Å². The van der Waals surface area contributed by atoms with Crippen molar-refractivity contribution in [2.75, 3.05) is 4.90 Å². The molecule has 0 N–H and O–H groups in total. The molecule has 0 unspecified atom stereocenters. The van der Waals surface area contributed by atoms with Gasteiger partial charge in [0.2, 0.25) is 0 Å². The van der Waals surface area contributed by atoms with E-state index >= 15 is 0 Å². The van der Waals surface area contributed by atoms with Crippen LogP contribution in [0.3, 0.4) is 0 Å². The first-order valence-electron chi connectivity index (χ1n) is 17.6. The van der Waals surface area contributed by atoms with Crippen molar-refractivity contribution in [1.82, 2.24) is 4.57 Å². The van der Waals surface area contributed by atoms with Crippen LogP contribution in [0.5, 0.6) is 0 Å². The number of benzene rings is 7. The number of para-hydroxylation sites is 2. The molecule has 0 aliphatic heterocycles. The lowest BCUT2D eigenvalue weighted by atomic mass is 9.70. The van der Waals surface area contributed by atoms with Crippen molar-refractivity contribution in [3.63, 3.8) is 0 Å². The first-order chi connectivity index (χ1) is 24.3. The van der Waals surface area contributed by atoms with Gasteiger partial charge in [0, 0.05) is 45.4 Å². The quantitative estimate of drug-likeness (QED) is 0.178. The van der Waals surface area contributed by atoms with Crippen LogP contribution < -0.4 is 4.90 Å². The zero-order valence-electron chi connectivity index (χ0n) is 27.6. The number of fused-ring (bicyclic) bond motifs is 13. The Morgan fingerprint density at radius 1 is 0.449 bits per heavy atom. The minimum atomic E-state index is -0.381. The predicted octanol–water partition coefficient (Wildman–Crippen LogP) is 12.4. The lowest BCUT2D eigenvalue weighted by Gasteiger charge is -2.32. The number of unbranched alkanes of at least 4 members (excludes halogenated alkanes) is 1. The lowest BCUT2D eigenvalue weighted by Crippen LogP contribution is -2.26. The Labute approximate surface area is 287 Å². The van der Waals surface area contributed by atoms with Crippen LogP contribution >= 0.6 is 0 Å². The summed E-state index contributed by atoms with van der Waals surface area (Å²) in [6.07, 6.45) is 2.34. The molecule has 0 atom stereocenters. The third-order valence-corrected chi connectivity index (χ3v) is 11.0. The van der Waals surface area contributed by atoms with E-state index in [-0.39, 0.29) is 5.41 Å². The van der Waals surface area contributed by atoms with Crippen molar-refractivity contribution in [2.45, 2.75) is 31.7 Å². The molecule has 7 aromatic carbocycles. The number of rotatable bonds is 6. The van der Waals surface area contributed by atoms with Gasteiger partial charge in [0.15, 0.2) is 0 Å². The van der Waals surface area contributed by atoms with Gasteiger partial charge in [-0.05, 0) is 99.5 Å². The summed E-state index contributed by atoms with van der Waals surface area (Å²) in [4.78, 5) is 2.45. The van der Waals surface area contributed by atoms with Crippen LogP contribution in [0, 0.1) is 0 Å². The third-order valence-electron chi connectivity index (χ3n) is 11.0. The van der Waals surface area contributed by atoms with Crippen molar-refractivity contribution in [1.29, 1.82) is 0 Å². The SMILES string of the molecule is CCCCn1c2ccccc2c2cc(N(c3ccccc3)c3ccc4c(c3)C3(c5ccccc5-c5ccccc53)c3ccccc3-4)ccc21. The molecule has 234 valence electrons. The van der Waals surface area contributed by atoms with E-state index < -0.39 is 0 Å². The lowest BCUT2D eigenvalue weighted by molar-refractivity contribution is 0.665. The summed E-state index contributed by atoms with van der Waals surface area (Å²) in [5, 5.41) is 2.61. The monoisotopic (exact) mass is 628 g/mol. The van der Waals surface area contributed by atoms with E-state index in [0.717, 1.165) is 30.0 Å². The van der Waals surface area contributed by atoms with E-state index in [2.05, 4.69) is 180 Å². The largest absolute Gasteiger partial charge is 0.340 e. The summed E-state index contributed by atoms with van der Waals surface area (Å²) in [5.41, 5.74) is 16.4. The van der Waals surface area contributed by atoms with Gasteiger partial charge < -0.3 is 9.47 Å². The predicted molar refractivity (Wildman–Crippen MR) is 205 cm³/mol. The second-order valence-electron chi connectivity index (χ2n) is 13.5. The van der Waals surface area contributed by atoms with Gasteiger partial charge in [-0.2, -0.15) is 0 Å². The van der Waals surface area contributed by atoms with E-state index in [1.807, 2.05) is 0 Å². The van der Waals surface area contributed by atoms with E-state index in [9.17, 15) is 0 Å². The molecule has 1 aromatic heterocycles. The molecule has 1 heterocycles. The van der Waals surface area contributed by atoms with Gasteiger partial charge >= 0.3 is 0 Å². The molecular formula is C47H36N2. The Morgan fingerprint density at radius 3 is 1.65 bits per heavy atom. The second kappa shape index (κ2) is 10.8. The molecule has 2 heteroatoms. The first-order valence-corrected chi connectivity index (χ1v) is 17.6. The number of hydrogen-bond donors (Lipinski definition) is 0. The van der Waals surface area contributed by atoms with E-state index in [0.29, 0.717) is 0 Å². The van der Waals surface area contributed by atoms with Gasteiger partial charge in [0.25, 0.3) is 0 Å². The summed E-state index contributed by atoms with van der Waals surface area (Å²) < 4.78 is 2.51. The minimum absolute atomic E-state index is 0.381. The first kappa shape index (κ1) is 28.2. The van der Waals surface area contributed by atoms with Crippen LogP contribution in [0.25, 0.3) is 44.1 Å². The summed E-state index contributed by atoms with van der Waals surface area (Å²) >= 11 is 0. The Hall–Kier alpha value is -5.86. The molecule has 1 spiro atoms. The van der Waals surface area contributed by atoms with Crippen molar-refractivity contribution in [3.8, 4) is 22.3 Å². The van der Waals surface area contributed by atoms with Crippen molar-refractivity contribution < 1.29 is 0 Å². The van der Waals surface area contributed by atoms with Crippen molar-refractivity contribution in [2.24, 2.45) is 0 Å². The normalized spacial score (nSPS) is 13.4. The maximum absolute atomic E-state index is 2.51. The summed E-state index contributed by atoms with van der Waals surface area (Å²) in [5.74, 6) is 0. The molecule has 0 saturated carbocycles. The molecule has 0 amide bonds. The second-order valence-corrected chi connectivity index (χ2v) is 13.5. The third kappa shape index (κ3) is 3.89. The number of nitrogens with zero attached hydrogens (tertiary/aromatic N) is 2. The molecule has 0 radical (unpaired) electrons. The van der Waals surface area contributed by atoms with Crippen molar-refractivity contribution in [3.05, 3.63) is 186 Å². The maximum Gasteiger partial charge on any atom is 0.0726 e. The highest BCUT2D eigenvalue weighted by Crippen LogP contribution is 2.63. The smallest absolute Gasteiger partial charge is 0.0726 e. The van der Waals surface area contributed by atoms with E-state index in [1.165, 1.54) is 72.7 Å². The molecule has 2 aliphatic carbocycles. The summed E-state index contributed by atoms with van der Waals surface area (Å²) in [6, 6.07) is 61.1. The minimum Gasteiger partial charge on any atom is -0.340 e. The zero-order valence-corrected chi connectivity index (χ0v) is 27.6. The Bertz CT molecular complexity index is 2490. The highest BCUT2D eigenvalue weighted by molar-refractivity contribution is 6.09. The van der Waals surface area contributed by atoms with Gasteiger partial charge in [-0.15, -0.1) is 0 Å². The molecule has 2 aliphatic rings. The zero-order chi connectivity index (χ0) is 32.5. The Kier molecular flexibility index (Phi) is 6.23. The average molecular weight is 629 g/mol. The standard InChI is InChI=1S/C47H36N2/c1-2-3-29-48-45-24-14-10-20-39(45)40-30-33(26-28-46(40)48)49(32-15-5-4-6-16-32)34-25-27-38-37-19-9-13-23-43(37)47(44(38)31-34)41-21-11-7-17-35(41)36-18-8-12-22-42(36)47/h4-28,30-31H,2-3,29H2,1H3. The molecule has 0 fully saturated rings. The molecule has 49 heavy (non-hydrogen) atoms. The van der Waals surface area contributed by atoms with Gasteiger partial charge in [-0.1, -0.05) is 129 Å². The average Bonchev–Trinajstić information content (AvgIpc) is 3.76. The number of anilines is 3. The summed E-state index contributed by atoms with van der Waals surface area (Å²) in [6.45, 7) is 3.30. The number of aryl methyl sites for hydroxylation is 1. The molecule has 8 aromatic rings. The summed E-state index contributed by atoms with van der Waals surface area (Å²) in [7, 11) is 0. The van der Waals surface area contributed by atoms with Gasteiger partial charge in [-0.3, -0.25) is 0 Å². The highest BCUT2D eigenvalue weighted by Gasteiger charge is 2.51. The van der Waals surface area contributed by atoms with Crippen LogP contribution in [-0.2, 0) is 12.0 Å². The van der Waals surface area contributed by atoms with Gasteiger partial charge in [0.05, 0.1) is 5.41 Å². The van der Waals surface area contributed by atoms with Gasteiger partial charge in [-0.25, -0.2) is 0 Å². The van der Waals surface area contributed by atoms with Crippen LogP contribution in [0.15, 0.2) is 164 Å². The van der Waals surface area contributed by atoms with Crippen molar-refractivity contribution >= 4 is 38.9 Å². The topological polar surface area (TPSA) is 8.17 Å². The fourth-order valence-corrected chi connectivity index (χ4v) is 8.98. The van der Waals surface area contributed by atoms with E-state index in [4.69, 9.17) is 0 Å².